The van der Waals surface area contributed by atoms with Gasteiger partial charge in [-0.05, 0) is 62.2 Å². The van der Waals surface area contributed by atoms with Gasteiger partial charge in [-0.25, -0.2) is 0 Å². The van der Waals surface area contributed by atoms with E-state index in [9.17, 15) is 0 Å². The minimum Gasteiger partial charge on any atom is -0.472 e. The Balaban J connectivity index is 1.51. The minimum atomic E-state index is 0.436. The monoisotopic (exact) mass is 287 g/mol. The third-order valence-corrected chi connectivity index (χ3v) is 5.67. The Kier molecular flexibility index (Phi) is 4.76. The van der Waals surface area contributed by atoms with Crippen LogP contribution in [0.25, 0.3) is 0 Å². The van der Waals surface area contributed by atoms with E-state index >= 15 is 0 Å². The van der Waals surface area contributed by atoms with Gasteiger partial charge in [0, 0.05) is 5.54 Å². The molecule has 0 bridgehead atoms. The van der Waals surface area contributed by atoms with Gasteiger partial charge in [-0.2, -0.15) is 0 Å². The normalized spacial score (nSPS) is 16.2. The largest absolute Gasteiger partial charge is 0.472 e. The van der Waals surface area contributed by atoms with Crippen LogP contribution in [0, 0.1) is 0 Å². The highest BCUT2D eigenvalue weighted by molar-refractivity contribution is 6.39. The molecule has 0 aliphatic carbocycles. The highest BCUT2D eigenvalue weighted by Crippen LogP contribution is 2.25. The van der Waals surface area contributed by atoms with Crippen LogP contribution in [0.3, 0.4) is 0 Å². The second-order valence-electron chi connectivity index (χ2n) is 5.40. The first-order valence-corrected chi connectivity index (χ1v) is 8.72. The molecular formula is C16H21NO2Si. The van der Waals surface area contributed by atoms with Crippen LogP contribution in [0.15, 0.2) is 46.0 Å². The molecule has 2 aromatic heterocycles. The fourth-order valence-electron chi connectivity index (χ4n) is 2.86. The Bertz CT molecular complexity index is 440. The van der Waals surface area contributed by atoms with Gasteiger partial charge in [0.1, 0.15) is 0 Å². The van der Waals surface area contributed by atoms with Gasteiger partial charge in [0.2, 0.25) is 0 Å². The molecule has 0 atom stereocenters. The maximum Gasteiger partial charge on any atom is 0.0937 e. The maximum absolute atomic E-state index is 5.25. The second-order valence-corrected chi connectivity index (χ2v) is 6.89. The van der Waals surface area contributed by atoms with E-state index in [-0.39, 0.29) is 0 Å². The van der Waals surface area contributed by atoms with Crippen molar-refractivity contribution in [3.05, 3.63) is 48.3 Å². The standard InChI is InChI=1S/C16H21NO2Si/c1-2-7-17(6-1)8-3-11-20-16(14-4-9-18-12-14)15-5-10-19-13-15/h4-5,9-10,12-13,16H,1-3,6-8,11H2. The highest BCUT2D eigenvalue weighted by atomic mass is 28.2. The lowest BCUT2D eigenvalue weighted by Crippen LogP contribution is -2.21. The molecule has 4 heteroatoms. The van der Waals surface area contributed by atoms with E-state index in [0.29, 0.717) is 5.54 Å². The van der Waals surface area contributed by atoms with Crippen LogP contribution in [-0.2, 0) is 0 Å². The zero-order valence-electron chi connectivity index (χ0n) is 11.8. The summed E-state index contributed by atoms with van der Waals surface area (Å²) in [5.74, 6) is 0. The molecule has 0 N–H and O–H groups in total. The van der Waals surface area contributed by atoms with Crippen molar-refractivity contribution in [3.8, 4) is 0 Å². The summed E-state index contributed by atoms with van der Waals surface area (Å²) >= 11 is 0. The first-order chi connectivity index (χ1) is 9.93. The number of hydrogen-bond acceptors (Lipinski definition) is 3. The zero-order valence-corrected chi connectivity index (χ0v) is 12.8. The number of furan rings is 2. The van der Waals surface area contributed by atoms with Crippen LogP contribution in [0.4, 0.5) is 0 Å². The summed E-state index contributed by atoms with van der Waals surface area (Å²) in [4.78, 5) is 2.59. The average molecular weight is 287 g/mol. The second kappa shape index (κ2) is 6.95. The van der Waals surface area contributed by atoms with Crippen molar-refractivity contribution in [2.45, 2.75) is 30.8 Å². The Labute approximate surface area is 122 Å². The third kappa shape index (κ3) is 3.44. The van der Waals surface area contributed by atoms with Gasteiger partial charge in [-0.1, -0.05) is 6.04 Å². The molecule has 3 nitrogen and oxygen atoms in total. The molecule has 0 saturated carbocycles. The number of nitrogens with zero attached hydrogens (tertiary/aromatic N) is 1. The van der Waals surface area contributed by atoms with Crippen LogP contribution in [0.2, 0.25) is 6.04 Å². The average Bonchev–Trinajstić information content (AvgIpc) is 3.22. The lowest BCUT2D eigenvalue weighted by atomic mass is 10.1. The molecule has 0 aromatic carbocycles. The summed E-state index contributed by atoms with van der Waals surface area (Å²) in [5, 5.41) is 0. The Morgan fingerprint density at radius 3 is 2.25 bits per heavy atom. The van der Waals surface area contributed by atoms with Crippen LogP contribution >= 0.6 is 0 Å². The predicted molar refractivity (Wildman–Crippen MR) is 80.1 cm³/mol. The fraction of sp³-hybridized carbons (Fsp3) is 0.500. The lowest BCUT2D eigenvalue weighted by Gasteiger charge is -2.16. The molecule has 20 heavy (non-hydrogen) atoms. The van der Waals surface area contributed by atoms with Crippen molar-refractivity contribution < 1.29 is 8.83 Å². The molecule has 1 aliphatic rings. The van der Waals surface area contributed by atoms with Crippen LogP contribution in [-0.4, -0.2) is 34.1 Å². The minimum absolute atomic E-state index is 0.436. The molecule has 0 spiro atoms. The first kappa shape index (κ1) is 13.7. The van der Waals surface area contributed by atoms with Crippen molar-refractivity contribution >= 4 is 9.52 Å². The fourth-order valence-corrected chi connectivity index (χ4v) is 4.31. The summed E-state index contributed by atoms with van der Waals surface area (Å²) < 4.78 is 10.5. The Morgan fingerprint density at radius 1 is 1.05 bits per heavy atom. The van der Waals surface area contributed by atoms with Crippen molar-refractivity contribution in [2.75, 3.05) is 19.6 Å². The molecule has 1 fully saturated rings. The number of hydrogen-bond donors (Lipinski definition) is 0. The maximum atomic E-state index is 5.25. The topological polar surface area (TPSA) is 29.5 Å². The molecule has 2 radical (unpaired) electrons. The van der Waals surface area contributed by atoms with Crippen LogP contribution < -0.4 is 0 Å². The summed E-state index contributed by atoms with van der Waals surface area (Å²) in [7, 11) is 0.888. The van der Waals surface area contributed by atoms with Gasteiger partial charge in [0.15, 0.2) is 0 Å². The number of likely N-dealkylation sites (tertiary alicyclic amines) is 1. The zero-order chi connectivity index (χ0) is 13.6. The van der Waals surface area contributed by atoms with Gasteiger partial charge in [-0.3, -0.25) is 0 Å². The van der Waals surface area contributed by atoms with E-state index < -0.39 is 0 Å². The van der Waals surface area contributed by atoms with Gasteiger partial charge in [0.25, 0.3) is 0 Å². The predicted octanol–water partition coefficient (Wildman–Crippen LogP) is 3.57. The molecule has 106 valence electrons. The molecule has 3 heterocycles. The van der Waals surface area contributed by atoms with Gasteiger partial charge < -0.3 is 13.7 Å². The van der Waals surface area contributed by atoms with E-state index in [1.54, 1.807) is 12.5 Å². The quantitative estimate of drug-likeness (QED) is 0.576. The summed E-state index contributed by atoms with van der Waals surface area (Å²) in [6.45, 7) is 3.86. The third-order valence-electron chi connectivity index (χ3n) is 3.95. The van der Waals surface area contributed by atoms with E-state index in [4.69, 9.17) is 8.83 Å². The molecule has 0 unspecified atom stereocenters. The summed E-state index contributed by atoms with van der Waals surface area (Å²) in [5.41, 5.74) is 2.97. The van der Waals surface area contributed by atoms with E-state index in [0.717, 1.165) is 9.52 Å². The van der Waals surface area contributed by atoms with Crippen molar-refractivity contribution in [1.82, 2.24) is 4.90 Å². The number of rotatable bonds is 7. The molecule has 1 aliphatic heterocycles. The van der Waals surface area contributed by atoms with E-state index in [2.05, 4.69) is 17.0 Å². The Hall–Kier alpha value is -1.26. The van der Waals surface area contributed by atoms with Gasteiger partial charge in [0.05, 0.1) is 34.6 Å². The molecular weight excluding hydrogens is 266 g/mol. The SMILES string of the molecule is c1cc(C([Si]CCCN2CCCC2)c2ccoc2)co1. The van der Waals surface area contributed by atoms with Crippen molar-refractivity contribution in [3.63, 3.8) is 0 Å². The van der Waals surface area contributed by atoms with Crippen molar-refractivity contribution in [1.29, 1.82) is 0 Å². The van der Waals surface area contributed by atoms with Crippen LogP contribution in [0.1, 0.15) is 35.9 Å². The van der Waals surface area contributed by atoms with E-state index in [1.165, 1.54) is 56.1 Å². The summed E-state index contributed by atoms with van der Waals surface area (Å²) in [6.07, 6.45) is 11.3. The van der Waals surface area contributed by atoms with Gasteiger partial charge >= 0.3 is 0 Å². The molecule has 1 saturated heterocycles. The molecule has 0 amide bonds. The lowest BCUT2D eigenvalue weighted by molar-refractivity contribution is 0.339. The Morgan fingerprint density at radius 2 is 1.70 bits per heavy atom. The molecule has 2 aromatic rings. The summed E-state index contributed by atoms with van der Waals surface area (Å²) in [6, 6.07) is 5.42. The first-order valence-electron chi connectivity index (χ1n) is 7.43. The van der Waals surface area contributed by atoms with E-state index in [1.807, 2.05) is 12.5 Å². The highest BCUT2D eigenvalue weighted by Gasteiger charge is 2.17. The smallest absolute Gasteiger partial charge is 0.0937 e. The molecule has 3 rings (SSSR count). The van der Waals surface area contributed by atoms with Crippen LogP contribution in [0.5, 0.6) is 0 Å². The van der Waals surface area contributed by atoms with Gasteiger partial charge in [-0.15, -0.1) is 0 Å². The van der Waals surface area contributed by atoms with Crippen molar-refractivity contribution in [2.24, 2.45) is 0 Å².